The van der Waals surface area contributed by atoms with E-state index >= 15 is 0 Å². The monoisotopic (exact) mass is 237 g/mol. The van der Waals surface area contributed by atoms with Crippen molar-refractivity contribution >= 4 is 5.97 Å². The summed E-state index contributed by atoms with van der Waals surface area (Å²) in [5, 5.41) is 0. The highest BCUT2D eigenvalue weighted by molar-refractivity contribution is 5.89. The molecule has 2 N–H and O–H groups in total. The smallest absolute Gasteiger partial charge is 0.338 e. The van der Waals surface area contributed by atoms with E-state index in [0.29, 0.717) is 25.3 Å². The maximum Gasteiger partial charge on any atom is 0.338 e. The van der Waals surface area contributed by atoms with Crippen molar-refractivity contribution in [2.75, 3.05) is 13.2 Å². The largest absolute Gasteiger partial charge is 0.457 e. The summed E-state index contributed by atoms with van der Waals surface area (Å²) in [5.74, 6) is -0.340. The second-order valence-corrected chi connectivity index (χ2v) is 3.78. The van der Waals surface area contributed by atoms with Gasteiger partial charge >= 0.3 is 5.97 Å². The molecule has 0 radical (unpaired) electrons. The lowest BCUT2D eigenvalue weighted by Crippen LogP contribution is -2.20. The Bertz CT molecular complexity index is 365. The zero-order valence-corrected chi connectivity index (χ0v) is 10.3. The van der Waals surface area contributed by atoms with Crippen LogP contribution in [0.2, 0.25) is 0 Å². The molecule has 0 amide bonds. The first-order chi connectivity index (χ1) is 8.17. The lowest BCUT2D eigenvalue weighted by atomic mass is 10.1. The summed E-state index contributed by atoms with van der Waals surface area (Å²) in [6, 6.07) is 7.14. The fraction of sp³-hybridized carbons (Fsp3) is 0.462. The molecule has 94 valence electrons. The highest BCUT2D eigenvalue weighted by atomic mass is 16.6. The summed E-state index contributed by atoms with van der Waals surface area (Å²) in [5.41, 5.74) is 6.95. The lowest BCUT2D eigenvalue weighted by molar-refractivity contribution is 0.00439. The van der Waals surface area contributed by atoms with Gasteiger partial charge in [-0.1, -0.05) is 12.1 Å². The molecular formula is C13H19NO3. The molecule has 1 aromatic carbocycles. The minimum absolute atomic E-state index is 0.246. The Kier molecular flexibility index (Phi) is 5.66. The zero-order valence-electron chi connectivity index (χ0n) is 10.3. The first-order valence-electron chi connectivity index (χ1n) is 5.75. The molecule has 0 saturated heterocycles. The fourth-order valence-corrected chi connectivity index (χ4v) is 1.39. The minimum atomic E-state index is -0.340. The molecular weight excluding hydrogens is 218 g/mol. The summed E-state index contributed by atoms with van der Waals surface area (Å²) in [7, 11) is 0. The predicted molar refractivity (Wildman–Crippen MR) is 65.7 cm³/mol. The summed E-state index contributed by atoms with van der Waals surface area (Å²) in [6.07, 6.45) is -0.246. The van der Waals surface area contributed by atoms with Crippen LogP contribution in [0.3, 0.4) is 0 Å². The van der Waals surface area contributed by atoms with Crippen LogP contribution in [0.15, 0.2) is 24.3 Å². The Balaban J connectivity index is 2.56. The molecule has 0 fully saturated rings. The van der Waals surface area contributed by atoms with Gasteiger partial charge in [-0.25, -0.2) is 4.79 Å². The van der Waals surface area contributed by atoms with Crippen LogP contribution in [0.1, 0.15) is 29.8 Å². The second-order valence-electron chi connectivity index (χ2n) is 3.78. The molecule has 0 heterocycles. The van der Waals surface area contributed by atoms with E-state index in [9.17, 15) is 4.79 Å². The van der Waals surface area contributed by atoms with Crippen LogP contribution in [0, 0.1) is 0 Å². The highest BCUT2D eigenvalue weighted by Gasteiger charge is 2.12. The quantitative estimate of drug-likeness (QED) is 0.765. The topological polar surface area (TPSA) is 61.5 Å². The summed E-state index contributed by atoms with van der Waals surface area (Å²) in [4.78, 5) is 11.8. The van der Waals surface area contributed by atoms with Crippen LogP contribution in [-0.2, 0) is 16.0 Å². The van der Waals surface area contributed by atoms with Gasteiger partial charge in [-0.3, -0.25) is 0 Å². The molecule has 4 heteroatoms. The van der Waals surface area contributed by atoms with Crippen molar-refractivity contribution in [1.29, 1.82) is 0 Å². The van der Waals surface area contributed by atoms with Crippen LogP contribution < -0.4 is 5.73 Å². The first kappa shape index (κ1) is 13.7. The SMILES string of the molecule is CCOCC(C)OC(=O)c1cccc(CN)c1. The number of hydrogen-bond donors (Lipinski definition) is 1. The van der Waals surface area contributed by atoms with Gasteiger partial charge in [0.2, 0.25) is 0 Å². The van der Waals surface area contributed by atoms with E-state index in [2.05, 4.69) is 0 Å². The average Bonchev–Trinajstić information content (AvgIpc) is 2.36. The van der Waals surface area contributed by atoms with Gasteiger partial charge in [0.1, 0.15) is 6.10 Å². The van der Waals surface area contributed by atoms with Crippen LogP contribution in [-0.4, -0.2) is 25.3 Å². The molecule has 0 aromatic heterocycles. The van der Waals surface area contributed by atoms with E-state index in [1.54, 1.807) is 25.1 Å². The van der Waals surface area contributed by atoms with Crippen LogP contribution >= 0.6 is 0 Å². The maximum atomic E-state index is 11.8. The van der Waals surface area contributed by atoms with Gasteiger partial charge in [0, 0.05) is 13.2 Å². The molecule has 4 nitrogen and oxygen atoms in total. The van der Waals surface area contributed by atoms with Gasteiger partial charge < -0.3 is 15.2 Å². The summed E-state index contributed by atoms with van der Waals surface area (Å²) < 4.78 is 10.4. The third-order valence-electron chi connectivity index (χ3n) is 2.26. The van der Waals surface area contributed by atoms with Crippen molar-refractivity contribution in [1.82, 2.24) is 0 Å². The number of nitrogens with two attached hydrogens (primary N) is 1. The highest BCUT2D eigenvalue weighted by Crippen LogP contribution is 2.08. The number of rotatable bonds is 6. The first-order valence-corrected chi connectivity index (χ1v) is 5.75. The standard InChI is InChI=1S/C13H19NO3/c1-3-16-9-10(2)17-13(15)12-6-4-5-11(7-12)8-14/h4-7,10H,3,8-9,14H2,1-2H3. The van der Waals surface area contributed by atoms with E-state index in [1.165, 1.54) is 0 Å². The molecule has 0 aliphatic heterocycles. The summed E-state index contributed by atoms with van der Waals surface area (Å²) in [6.45, 7) is 5.15. The average molecular weight is 237 g/mol. The molecule has 1 rings (SSSR count). The Morgan fingerprint density at radius 3 is 2.88 bits per heavy atom. The number of carbonyl (C=O) groups is 1. The summed E-state index contributed by atoms with van der Waals surface area (Å²) >= 11 is 0. The maximum absolute atomic E-state index is 11.8. The fourth-order valence-electron chi connectivity index (χ4n) is 1.39. The Morgan fingerprint density at radius 1 is 1.47 bits per heavy atom. The number of ether oxygens (including phenoxy) is 2. The van der Waals surface area contributed by atoms with Crippen molar-refractivity contribution in [3.05, 3.63) is 35.4 Å². The predicted octanol–water partition coefficient (Wildman–Crippen LogP) is 1.73. The molecule has 0 spiro atoms. The van der Waals surface area contributed by atoms with Gasteiger partial charge in [0.05, 0.1) is 12.2 Å². The number of hydrogen-bond acceptors (Lipinski definition) is 4. The van der Waals surface area contributed by atoms with E-state index in [-0.39, 0.29) is 12.1 Å². The molecule has 17 heavy (non-hydrogen) atoms. The second kappa shape index (κ2) is 7.04. The third-order valence-corrected chi connectivity index (χ3v) is 2.26. The number of benzene rings is 1. The van der Waals surface area contributed by atoms with Crippen molar-refractivity contribution in [3.8, 4) is 0 Å². The van der Waals surface area contributed by atoms with E-state index < -0.39 is 0 Å². The molecule has 1 aromatic rings. The molecule has 0 bridgehead atoms. The van der Waals surface area contributed by atoms with Crippen molar-refractivity contribution in [2.24, 2.45) is 5.73 Å². The van der Waals surface area contributed by atoms with Gasteiger partial charge in [-0.15, -0.1) is 0 Å². The van der Waals surface area contributed by atoms with Crippen LogP contribution in [0.25, 0.3) is 0 Å². The van der Waals surface area contributed by atoms with Crippen molar-refractivity contribution < 1.29 is 14.3 Å². The Hall–Kier alpha value is -1.39. The zero-order chi connectivity index (χ0) is 12.7. The Morgan fingerprint density at radius 2 is 2.24 bits per heavy atom. The Labute approximate surface area is 102 Å². The molecule has 1 unspecified atom stereocenters. The van der Waals surface area contributed by atoms with Gasteiger partial charge in [-0.2, -0.15) is 0 Å². The molecule has 1 atom stereocenters. The van der Waals surface area contributed by atoms with Crippen LogP contribution in [0.5, 0.6) is 0 Å². The van der Waals surface area contributed by atoms with Crippen molar-refractivity contribution in [3.63, 3.8) is 0 Å². The van der Waals surface area contributed by atoms with Gasteiger partial charge in [-0.05, 0) is 31.5 Å². The molecule has 0 aliphatic rings. The van der Waals surface area contributed by atoms with Crippen molar-refractivity contribution in [2.45, 2.75) is 26.5 Å². The minimum Gasteiger partial charge on any atom is -0.457 e. The normalized spacial score (nSPS) is 12.2. The molecule has 0 aliphatic carbocycles. The molecule has 0 saturated carbocycles. The van der Waals surface area contributed by atoms with Gasteiger partial charge in [0.15, 0.2) is 0 Å². The third kappa shape index (κ3) is 4.54. The van der Waals surface area contributed by atoms with E-state index in [1.807, 2.05) is 13.0 Å². The van der Waals surface area contributed by atoms with E-state index in [0.717, 1.165) is 5.56 Å². The van der Waals surface area contributed by atoms with Gasteiger partial charge in [0.25, 0.3) is 0 Å². The number of esters is 1. The lowest BCUT2D eigenvalue weighted by Gasteiger charge is -2.13. The van der Waals surface area contributed by atoms with Crippen LogP contribution in [0.4, 0.5) is 0 Å². The van der Waals surface area contributed by atoms with E-state index in [4.69, 9.17) is 15.2 Å². The number of carbonyl (C=O) groups excluding carboxylic acids is 1.